The Balaban J connectivity index is 2.01. The van der Waals surface area contributed by atoms with E-state index in [9.17, 15) is 0 Å². The van der Waals surface area contributed by atoms with Gasteiger partial charge in [-0.05, 0) is 19.3 Å². The molecule has 0 N–H and O–H groups in total. The lowest BCUT2D eigenvalue weighted by Crippen LogP contribution is -2.09. The van der Waals surface area contributed by atoms with Gasteiger partial charge in [-0.15, -0.1) is 10.2 Å². The molecule has 0 saturated heterocycles. The molecule has 2 unspecified atom stereocenters. The van der Waals surface area contributed by atoms with E-state index in [2.05, 4.69) is 73.0 Å². The van der Waals surface area contributed by atoms with Crippen LogP contribution in [0.3, 0.4) is 0 Å². The molecule has 2 heterocycles. The predicted molar refractivity (Wildman–Crippen MR) is 93.7 cm³/mol. The second kappa shape index (κ2) is 7.28. The van der Waals surface area contributed by atoms with Gasteiger partial charge in [0, 0.05) is 43.7 Å². The number of hydrogen-bond donors (Lipinski definition) is 0. The second-order valence-corrected chi connectivity index (χ2v) is 7.03. The number of imidazole rings is 1. The number of hydrogen-bond acceptors (Lipinski definition) is 3. The maximum Gasteiger partial charge on any atom is 0.135 e. The lowest BCUT2D eigenvalue weighted by molar-refractivity contribution is 0.516. The highest BCUT2D eigenvalue weighted by molar-refractivity contribution is 5.09. The highest BCUT2D eigenvalue weighted by atomic mass is 15.3. The van der Waals surface area contributed by atoms with Crippen LogP contribution in [0.2, 0.25) is 0 Å². The van der Waals surface area contributed by atoms with Gasteiger partial charge in [-0.1, -0.05) is 34.6 Å². The maximum atomic E-state index is 4.61. The summed E-state index contributed by atoms with van der Waals surface area (Å²) in [5.41, 5.74) is 1.30. The van der Waals surface area contributed by atoms with Crippen molar-refractivity contribution in [2.75, 3.05) is 0 Å². The van der Waals surface area contributed by atoms with Crippen LogP contribution in [-0.2, 0) is 20.5 Å². The number of aromatic nitrogens is 5. The van der Waals surface area contributed by atoms with Crippen molar-refractivity contribution in [3.05, 3.63) is 29.4 Å². The summed E-state index contributed by atoms with van der Waals surface area (Å²) in [5.74, 6) is 4.63. The molecule has 0 aliphatic rings. The summed E-state index contributed by atoms with van der Waals surface area (Å²) in [7, 11) is 4.20. The van der Waals surface area contributed by atoms with Gasteiger partial charge in [0.15, 0.2) is 0 Å². The van der Waals surface area contributed by atoms with E-state index in [1.165, 1.54) is 11.5 Å². The predicted octanol–water partition coefficient (Wildman–Crippen LogP) is 3.92. The summed E-state index contributed by atoms with van der Waals surface area (Å²) in [4.78, 5) is 4.61. The molecule has 23 heavy (non-hydrogen) atoms. The molecule has 128 valence electrons. The quantitative estimate of drug-likeness (QED) is 0.777. The minimum atomic E-state index is 0.410. The fraction of sp³-hybridized carbons (Fsp3) is 0.722. The van der Waals surface area contributed by atoms with E-state index in [0.717, 1.165) is 30.9 Å². The number of aryl methyl sites for hydroxylation is 1. The Bertz CT molecular complexity index is 638. The lowest BCUT2D eigenvalue weighted by Gasteiger charge is -2.16. The summed E-state index contributed by atoms with van der Waals surface area (Å²) in [5, 5.41) is 8.76. The van der Waals surface area contributed by atoms with Crippen molar-refractivity contribution >= 4 is 0 Å². The Kier molecular flexibility index (Phi) is 5.60. The van der Waals surface area contributed by atoms with Crippen LogP contribution in [0.15, 0.2) is 6.20 Å². The first-order chi connectivity index (χ1) is 10.9. The first kappa shape index (κ1) is 17.7. The van der Waals surface area contributed by atoms with E-state index in [1.54, 1.807) is 0 Å². The molecule has 2 rings (SSSR count). The van der Waals surface area contributed by atoms with Crippen molar-refractivity contribution in [2.45, 2.75) is 71.6 Å². The van der Waals surface area contributed by atoms with E-state index in [-0.39, 0.29) is 0 Å². The van der Waals surface area contributed by atoms with Gasteiger partial charge in [-0.2, -0.15) is 0 Å². The smallest absolute Gasteiger partial charge is 0.135 e. The molecule has 5 nitrogen and oxygen atoms in total. The molecule has 5 heteroatoms. The van der Waals surface area contributed by atoms with Crippen molar-refractivity contribution in [1.82, 2.24) is 24.3 Å². The van der Waals surface area contributed by atoms with Gasteiger partial charge in [0.2, 0.25) is 0 Å². The molecule has 2 aromatic rings. The first-order valence-electron chi connectivity index (χ1n) is 8.76. The van der Waals surface area contributed by atoms with E-state index in [1.807, 2.05) is 6.20 Å². The monoisotopic (exact) mass is 317 g/mol. The zero-order valence-electron chi connectivity index (χ0n) is 15.7. The van der Waals surface area contributed by atoms with Gasteiger partial charge in [0.1, 0.15) is 17.5 Å². The molecule has 0 aliphatic carbocycles. The molecule has 0 aliphatic heterocycles. The van der Waals surface area contributed by atoms with E-state index >= 15 is 0 Å². The lowest BCUT2D eigenvalue weighted by atomic mass is 9.97. The molecule has 2 aromatic heterocycles. The SMILES string of the molecule is CCc1cnc(C(C)CCC(C)c2nnc(C(C)C)n2C)n1C. The van der Waals surface area contributed by atoms with Crippen LogP contribution in [0.1, 0.15) is 88.4 Å². The van der Waals surface area contributed by atoms with Crippen LogP contribution in [0.5, 0.6) is 0 Å². The van der Waals surface area contributed by atoms with Crippen LogP contribution in [-0.4, -0.2) is 24.3 Å². The minimum Gasteiger partial charge on any atom is -0.335 e. The van der Waals surface area contributed by atoms with Gasteiger partial charge in [0.25, 0.3) is 0 Å². The van der Waals surface area contributed by atoms with Crippen LogP contribution in [0, 0.1) is 0 Å². The van der Waals surface area contributed by atoms with Gasteiger partial charge in [-0.25, -0.2) is 4.98 Å². The number of rotatable bonds is 7. The molecule has 0 amide bonds. The third-order valence-corrected chi connectivity index (χ3v) is 4.86. The van der Waals surface area contributed by atoms with E-state index < -0.39 is 0 Å². The Morgan fingerprint density at radius 3 is 1.91 bits per heavy atom. The average Bonchev–Trinajstić information content (AvgIpc) is 3.07. The minimum absolute atomic E-state index is 0.410. The molecule has 0 fully saturated rings. The summed E-state index contributed by atoms with van der Waals surface area (Å²) >= 11 is 0. The molecule has 0 radical (unpaired) electrons. The normalized spacial score (nSPS) is 14.4. The van der Waals surface area contributed by atoms with Crippen LogP contribution < -0.4 is 0 Å². The third kappa shape index (κ3) is 3.65. The molecule has 2 atom stereocenters. The highest BCUT2D eigenvalue weighted by Crippen LogP contribution is 2.27. The average molecular weight is 317 g/mol. The highest BCUT2D eigenvalue weighted by Gasteiger charge is 2.19. The molecule has 0 bridgehead atoms. The summed E-state index contributed by atoms with van der Waals surface area (Å²) < 4.78 is 4.41. The van der Waals surface area contributed by atoms with Crippen LogP contribution in [0.25, 0.3) is 0 Å². The zero-order chi connectivity index (χ0) is 17.1. The Hall–Kier alpha value is -1.65. The van der Waals surface area contributed by atoms with Gasteiger partial charge >= 0.3 is 0 Å². The van der Waals surface area contributed by atoms with Crippen molar-refractivity contribution in [1.29, 1.82) is 0 Å². The molecular formula is C18H31N5. The summed E-state index contributed by atoms with van der Waals surface area (Å²) in [6.07, 6.45) is 5.25. The second-order valence-electron chi connectivity index (χ2n) is 7.03. The van der Waals surface area contributed by atoms with E-state index in [4.69, 9.17) is 0 Å². The third-order valence-electron chi connectivity index (χ3n) is 4.86. The standard InChI is InChI=1S/C18H31N5/c1-8-15-11-19-17(22(15)6)13(4)9-10-14(5)18-21-20-16(12(2)3)23(18)7/h11-14H,8-10H2,1-7H3. The van der Waals surface area contributed by atoms with E-state index in [0.29, 0.717) is 17.8 Å². The van der Waals surface area contributed by atoms with Crippen molar-refractivity contribution in [2.24, 2.45) is 14.1 Å². The van der Waals surface area contributed by atoms with Crippen molar-refractivity contribution in [3.8, 4) is 0 Å². The van der Waals surface area contributed by atoms with Crippen molar-refractivity contribution in [3.63, 3.8) is 0 Å². The zero-order valence-corrected chi connectivity index (χ0v) is 15.7. The Morgan fingerprint density at radius 1 is 0.870 bits per heavy atom. The van der Waals surface area contributed by atoms with Gasteiger partial charge in [0.05, 0.1) is 0 Å². The summed E-state index contributed by atoms with van der Waals surface area (Å²) in [6, 6.07) is 0. The maximum absolute atomic E-state index is 4.61. The fourth-order valence-electron chi connectivity index (χ4n) is 3.29. The largest absolute Gasteiger partial charge is 0.335 e. The molecule has 0 spiro atoms. The Labute approximate surface area is 140 Å². The van der Waals surface area contributed by atoms with Gasteiger partial charge in [-0.3, -0.25) is 0 Å². The van der Waals surface area contributed by atoms with Crippen molar-refractivity contribution < 1.29 is 0 Å². The molecular weight excluding hydrogens is 286 g/mol. The number of nitrogens with zero attached hydrogens (tertiary/aromatic N) is 5. The topological polar surface area (TPSA) is 48.5 Å². The first-order valence-corrected chi connectivity index (χ1v) is 8.76. The Morgan fingerprint density at radius 2 is 1.43 bits per heavy atom. The summed E-state index contributed by atoms with van der Waals surface area (Å²) in [6.45, 7) is 11.0. The van der Waals surface area contributed by atoms with Crippen LogP contribution >= 0.6 is 0 Å². The molecule has 0 aromatic carbocycles. The fourth-order valence-corrected chi connectivity index (χ4v) is 3.29. The molecule has 0 saturated carbocycles. The van der Waals surface area contributed by atoms with Crippen LogP contribution in [0.4, 0.5) is 0 Å². The van der Waals surface area contributed by atoms with Gasteiger partial charge < -0.3 is 9.13 Å².